The molecule has 1 aromatic heterocycles. The van der Waals surface area contributed by atoms with Crippen LogP contribution >= 0.6 is 23.2 Å². The first-order valence-electron chi connectivity index (χ1n) is 8.85. The summed E-state index contributed by atoms with van der Waals surface area (Å²) < 4.78 is 1.21. The number of amides is 1. The maximum absolute atomic E-state index is 12.7. The van der Waals surface area contributed by atoms with Gasteiger partial charge < -0.3 is 5.32 Å². The molecule has 0 aliphatic heterocycles. The van der Waals surface area contributed by atoms with Gasteiger partial charge in [-0.3, -0.25) is 19.0 Å². The molecule has 1 N–H and O–H groups in total. The topological polar surface area (TPSA) is 81.1 Å². The highest BCUT2D eigenvalue weighted by atomic mass is 35.5. The zero-order chi connectivity index (χ0) is 21.3. The van der Waals surface area contributed by atoms with E-state index in [1.807, 2.05) is 20.8 Å². The number of fused-ring (bicyclic) bond motifs is 1. The number of hydrogen-bond acceptors (Lipinski definition) is 4. The van der Waals surface area contributed by atoms with Gasteiger partial charge in [0, 0.05) is 21.7 Å². The molecule has 0 radical (unpaired) electrons. The Labute approximate surface area is 177 Å². The molecule has 3 rings (SSSR count). The lowest BCUT2D eigenvalue weighted by atomic mass is 9.95. The number of nitrogens with zero attached hydrogens (tertiary/aromatic N) is 2. The van der Waals surface area contributed by atoms with Crippen molar-refractivity contribution in [3.05, 3.63) is 68.7 Å². The first kappa shape index (κ1) is 21.0. The summed E-state index contributed by atoms with van der Waals surface area (Å²) in [5, 5.41) is 3.64. The van der Waals surface area contributed by atoms with Crippen LogP contribution in [0, 0.1) is 5.41 Å². The van der Waals surface area contributed by atoms with Crippen molar-refractivity contribution in [1.82, 2.24) is 9.55 Å². The van der Waals surface area contributed by atoms with E-state index in [4.69, 9.17) is 23.2 Å². The summed E-state index contributed by atoms with van der Waals surface area (Å²) in [6.45, 7) is 5.27. The predicted molar refractivity (Wildman–Crippen MR) is 115 cm³/mol. The number of aromatic nitrogens is 2. The van der Waals surface area contributed by atoms with Crippen molar-refractivity contribution < 1.29 is 9.59 Å². The average Bonchev–Trinajstić information content (AvgIpc) is 2.64. The van der Waals surface area contributed by atoms with Crippen molar-refractivity contribution in [1.29, 1.82) is 0 Å². The normalized spacial score (nSPS) is 11.5. The standard InChI is InChI=1S/C21H19Cl2N3O3/c1-21(2,3)20(29)25-14-6-4-12(5-7-14)17(27)10-26-11-24-18-15(19(26)28)8-13(22)9-16(18)23/h4-9,11H,10H2,1-3H3,(H,25,29). The van der Waals surface area contributed by atoms with E-state index in [0.29, 0.717) is 21.8 Å². The third kappa shape index (κ3) is 4.66. The predicted octanol–water partition coefficient (Wildman–Crippen LogP) is 4.57. The van der Waals surface area contributed by atoms with E-state index in [9.17, 15) is 14.4 Å². The van der Waals surface area contributed by atoms with Gasteiger partial charge in [0.15, 0.2) is 5.78 Å². The van der Waals surface area contributed by atoms with E-state index in [1.54, 1.807) is 24.3 Å². The van der Waals surface area contributed by atoms with Gasteiger partial charge in [-0.05, 0) is 36.4 Å². The van der Waals surface area contributed by atoms with Crippen LogP contribution in [0.3, 0.4) is 0 Å². The minimum atomic E-state index is -0.523. The van der Waals surface area contributed by atoms with Gasteiger partial charge in [0.05, 0.1) is 28.8 Å². The van der Waals surface area contributed by atoms with Gasteiger partial charge in [0.1, 0.15) is 0 Å². The van der Waals surface area contributed by atoms with E-state index >= 15 is 0 Å². The molecule has 3 aromatic rings. The van der Waals surface area contributed by atoms with Crippen LogP contribution < -0.4 is 10.9 Å². The summed E-state index contributed by atoms with van der Waals surface area (Å²) in [7, 11) is 0. The van der Waals surface area contributed by atoms with E-state index in [1.165, 1.54) is 23.0 Å². The summed E-state index contributed by atoms with van der Waals surface area (Å²) in [5.41, 5.74) is 0.417. The molecule has 1 amide bonds. The van der Waals surface area contributed by atoms with Gasteiger partial charge in [-0.15, -0.1) is 0 Å². The Morgan fingerprint density at radius 3 is 2.38 bits per heavy atom. The molecule has 0 saturated carbocycles. The molecule has 0 atom stereocenters. The van der Waals surface area contributed by atoms with Crippen LogP contribution in [0.25, 0.3) is 10.9 Å². The minimum absolute atomic E-state index is 0.123. The highest BCUT2D eigenvalue weighted by molar-refractivity contribution is 6.38. The number of halogens is 2. The minimum Gasteiger partial charge on any atom is -0.326 e. The van der Waals surface area contributed by atoms with Crippen molar-refractivity contribution in [2.75, 3.05) is 5.32 Å². The number of anilines is 1. The maximum atomic E-state index is 12.7. The first-order chi connectivity index (χ1) is 13.6. The molecule has 0 bridgehead atoms. The van der Waals surface area contributed by atoms with Gasteiger partial charge in [-0.2, -0.15) is 0 Å². The third-order valence-corrected chi connectivity index (χ3v) is 4.81. The lowest BCUT2D eigenvalue weighted by molar-refractivity contribution is -0.123. The Morgan fingerprint density at radius 1 is 1.10 bits per heavy atom. The van der Waals surface area contributed by atoms with E-state index < -0.39 is 11.0 Å². The van der Waals surface area contributed by atoms with E-state index in [0.717, 1.165) is 0 Å². The van der Waals surface area contributed by atoms with Gasteiger partial charge in [0.2, 0.25) is 5.91 Å². The zero-order valence-corrected chi connectivity index (χ0v) is 17.6. The molecule has 0 aliphatic carbocycles. The van der Waals surface area contributed by atoms with Gasteiger partial charge >= 0.3 is 0 Å². The third-order valence-electron chi connectivity index (χ3n) is 4.31. The Morgan fingerprint density at radius 2 is 1.76 bits per heavy atom. The highest BCUT2D eigenvalue weighted by Crippen LogP contribution is 2.24. The van der Waals surface area contributed by atoms with Crippen LogP contribution in [0.2, 0.25) is 10.0 Å². The number of Topliss-reactive ketones (excluding diaryl/α,β-unsaturated/α-hetero) is 1. The fraction of sp³-hybridized carbons (Fsp3) is 0.238. The molecule has 0 fully saturated rings. The number of carbonyl (C=O) groups excluding carboxylic acids is 2. The summed E-state index contributed by atoms with van der Waals surface area (Å²) in [4.78, 5) is 41.5. The Hall–Kier alpha value is -2.70. The molecular formula is C21H19Cl2N3O3. The van der Waals surface area contributed by atoms with E-state index in [-0.39, 0.29) is 28.6 Å². The molecule has 0 aliphatic rings. The Kier molecular flexibility index (Phi) is 5.78. The van der Waals surface area contributed by atoms with Crippen LogP contribution in [0.5, 0.6) is 0 Å². The summed E-state index contributed by atoms with van der Waals surface area (Å²) >= 11 is 12.0. The summed E-state index contributed by atoms with van der Waals surface area (Å²) in [6.07, 6.45) is 1.29. The number of nitrogens with one attached hydrogen (secondary N) is 1. The van der Waals surface area contributed by atoms with Crippen LogP contribution in [-0.4, -0.2) is 21.2 Å². The molecule has 1 heterocycles. The zero-order valence-electron chi connectivity index (χ0n) is 16.1. The summed E-state index contributed by atoms with van der Waals surface area (Å²) in [6, 6.07) is 9.50. The Balaban J connectivity index is 1.81. The monoisotopic (exact) mass is 431 g/mol. The molecule has 0 spiro atoms. The largest absolute Gasteiger partial charge is 0.326 e. The average molecular weight is 432 g/mol. The smallest absolute Gasteiger partial charge is 0.261 e. The second-order valence-corrected chi connectivity index (χ2v) is 8.51. The lowest BCUT2D eigenvalue weighted by Gasteiger charge is -2.17. The number of carbonyl (C=O) groups is 2. The molecule has 29 heavy (non-hydrogen) atoms. The second-order valence-electron chi connectivity index (χ2n) is 7.67. The van der Waals surface area contributed by atoms with Gasteiger partial charge in [-0.25, -0.2) is 4.98 Å². The van der Waals surface area contributed by atoms with Crippen LogP contribution in [0.15, 0.2) is 47.5 Å². The summed E-state index contributed by atoms with van der Waals surface area (Å²) in [5.74, 6) is -0.391. The molecule has 2 aromatic carbocycles. The Bertz CT molecular complexity index is 1160. The highest BCUT2D eigenvalue weighted by Gasteiger charge is 2.21. The number of rotatable bonds is 4. The second kappa shape index (κ2) is 7.97. The van der Waals surface area contributed by atoms with Crippen molar-refractivity contribution in [2.45, 2.75) is 27.3 Å². The molecule has 150 valence electrons. The van der Waals surface area contributed by atoms with Crippen molar-refractivity contribution in [2.24, 2.45) is 5.41 Å². The van der Waals surface area contributed by atoms with Crippen molar-refractivity contribution in [3.8, 4) is 0 Å². The molecule has 8 heteroatoms. The van der Waals surface area contributed by atoms with Crippen LogP contribution in [0.1, 0.15) is 31.1 Å². The number of hydrogen-bond donors (Lipinski definition) is 1. The van der Waals surface area contributed by atoms with Gasteiger partial charge in [-0.1, -0.05) is 44.0 Å². The lowest BCUT2D eigenvalue weighted by Crippen LogP contribution is -2.27. The van der Waals surface area contributed by atoms with Crippen LogP contribution in [0.4, 0.5) is 5.69 Å². The van der Waals surface area contributed by atoms with Crippen LogP contribution in [-0.2, 0) is 11.3 Å². The van der Waals surface area contributed by atoms with Gasteiger partial charge in [0.25, 0.3) is 5.56 Å². The van der Waals surface area contributed by atoms with Crippen molar-refractivity contribution in [3.63, 3.8) is 0 Å². The quantitative estimate of drug-likeness (QED) is 0.613. The first-order valence-corrected chi connectivity index (χ1v) is 9.61. The SMILES string of the molecule is CC(C)(C)C(=O)Nc1ccc(C(=O)Cn2cnc3c(Cl)cc(Cl)cc3c2=O)cc1. The fourth-order valence-corrected chi connectivity index (χ4v) is 3.15. The molecular weight excluding hydrogens is 413 g/mol. The molecule has 0 saturated heterocycles. The fourth-order valence-electron chi connectivity index (χ4n) is 2.61. The maximum Gasteiger partial charge on any atom is 0.261 e. The van der Waals surface area contributed by atoms with Crippen molar-refractivity contribution >= 4 is 51.5 Å². The molecule has 6 nitrogen and oxygen atoms in total. The van der Waals surface area contributed by atoms with E-state index in [2.05, 4.69) is 10.3 Å². The number of ketones is 1. The molecule has 0 unspecified atom stereocenters. The number of benzene rings is 2.